The summed E-state index contributed by atoms with van der Waals surface area (Å²) in [5.41, 5.74) is 1.30. The molecule has 0 amide bonds. The second-order valence-electron chi connectivity index (χ2n) is 5.88. The van der Waals surface area contributed by atoms with Gasteiger partial charge in [-0.1, -0.05) is 17.7 Å². The number of para-hydroxylation sites is 1. The van der Waals surface area contributed by atoms with Crippen LogP contribution in [0.4, 0.5) is 8.78 Å². The molecule has 0 radical (unpaired) electrons. The molecule has 2 nitrogen and oxygen atoms in total. The Kier molecular flexibility index (Phi) is 3.73. The maximum Gasteiger partial charge on any atom is 0.191 e. The Balaban J connectivity index is 1.90. The van der Waals surface area contributed by atoms with Crippen LogP contribution < -0.4 is 9.47 Å². The average molecular weight is 325 g/mol. The number of ether oxygens (including phenoxy) is 2. The summed E-state index contributed by atoms with van der Waals surface area (Å²) in [4.78, 5) is 0. The van der Waals surface area contributed by atoms with Gasteiger partial charge in [-0.25, -0.2) is 8.78 Å². The summed E-state index contributed by atoms with van der Waals surface area (Å²) in [5.74, 6) is -1.13. The van der Waals surface area contributed by atoms with E-state index in [-0.39, 0.29) is 12.2 Å². The molecule has 5 heteroatoms. The van der Waals surface area contributed by atoms with Crippen molar-refractivity contribution in [2.24, 2.45) is 0 Å². The normalized spacial score (nSPS) is 15.3. The standard InChI is InChI=1S/C17H15ClF2O2/c1-17(2)8-10-11(12(18)6-7-15(10)22-17)9-21-16-13(19)4-3-5-14(16)20/h3-7H,8-9H2,1-2H3. The summed E-state index contributed by atoms with van der Waals surface area (Å²) < 4.78 is 38.4. The van der Waals surface area contributed by atoms with Gasteiger partial charge in [0, 0.05) is 22.6 Å². The molecule has 0 unspecified atom stereocenters. The van der Waals surface area contributed by atoms with Gasteiger partial charge in [-0.05, 0) is 38.1 Å². The highest BCUT2D eigenvalue weighted by molar-refractivity contribution is 6.31. The Labute approximate surface area is 132 Å². The first-order valence-electron chi connectivity index (χ1n) is 6.93. The molecule has 2 aromatic rings. The smallest absolute Gasteiger partial charge is 0.191 e. The highest BCUT2D eigenvalue weighted by atomic mass is 35.5. The lowest BCUT2D eigenvalue weighted by Crippen LogP contribution is -2.24. The topological polar surface area (TPSA) is 18.5 Å². The Morgan fingerprint density at radius 2 is 1.86 bits per heavy atom. The van der Waals surface area contributed by atoms with Crippen molar-refractivity contribution in [2.45, 2.75) is 32.5 Å². The minimum absolute atomic E-state index is 0.0146. The number of benzene rings is 2. The minimum Gasteiger partial charge on any atom is -0.487 e. The highest BCUT2D eigenvalue weighted by Gasteiger charge is 2.32. The maximum absolute atomic E-state index is 13.6. The van der Waals surface area contributed by atoms with Crippen molar-refractivity contribution in [1.82, 2.24) is 0 Å². The number of rotatable bonds is 3. The molecular formula is C17H15ClF2O2. The van der Waals surface area contributed by atoms with Crippen LogP contribution in [0.15, 0.2) is 30.3 Å². The zero-order valence-corrected chi connectivity index (χ0v) is 13.0. The molecule has 1 aliphatic rings. The van der Waals surface area contributed by atoms with Crippen LogP contribution in [0.2, 0.25) is 5.02 Å². The first-order chi connectivity index (χ1) is 10.4. The molecule has 22 heavy (non-hydrogen) atoms. The van der Waals surface area contributed by atoms with Gasteiger partial charge in [-0.3, -0.25) is 0 Å². The van der Waals surface area contributed by atoms with Crippen molar-refractivity contribution in [3.8, 4) is 11.5 Å². The molecule has 2 aromatic carbocycles. The first-order valence-corrected chi connectivity index (χ1v) is 7.31. The molecule has 0 saturated carbocycles. The summed E-state index contributed by atoms with van der Waals surface area (Å²) in [6.45, 7) is 3.93. The lowest BCUT2D eigenvalue weighted by molar-refractivity contribution is 0.138. The fourth-order valence-electron chi connectivity index (χ4n) is 2.61. The second kappa shape index (κ2) is 5.43. The van der Waals surface area contributed by atoms with Crippen LogP contribution >= 0.6 is 11.6 Å². The Hall–Kier alpha value is -1.81. The number of hydrogen-bond donors (Lipinski definition) is 0. The molecule has 1 aliphatic heterocycles. The molecule has 0 N–H and O–H groups in total. The molecule has 116 valence electrons. The van der Waals surface area contributed by atoms with Crippen molar-refractivity contribution in [1.29, 1.82) is 0 Å². The second-order valence-corrected chi connectivity index (χ2v) is 6.29. The summed E-state index contributed by atoms with van der Waals surface area (Å²) in [6.07, 6.45) is 0.668. The molecule has 0 bridgehead atoms. The fraction of sp³-hybridized carbons (Fsp3) is 0.294. The van der Waals surface area contributed by atoms with E-state index < -0.39 is 17.4 Å². The van der Waals surface area contributed by atoms with E-state index in [1.54, 1.807) is 12.1 Å². The van der Waals surface area contributed by atoms with Gasteiger partial charge < -0.3 is 9.47 Å². The summed E-state index contributed by atoms with van der Waals surface area (Å²) in [6, 6.07) is 7.11. The monoisotopic (exact) mass is 324 g/mol. The van der Waals surface area contributed by atoms with Gasteiger partial charge in [0.2, 0.25) is 0 Å². The van der Waals surface area contributed by atoms with Crippen LogP contribution in [0.25, 0.3) is 0 Å². The van der Waals surface area contributed by atoms with Gasteiger partial charge in [0.05, 0.1) is 0 Å². The van der Waals surface area contributed by atoms with E-state index in [9.17, 15) is 8.78 Å². The van der Waals surface area contributed by atoms with Crippen molar-refractivity contribution < 1.29 is 18.3 Å². The van der Waals surface area contributed by atoms with E-state index in [1.807, 2.05) is 13.8 Å². The first kappa shape index (κ1) is 15.1. The van der Waals surface area contributed by atoms with E-state index in [4.69, 9.17) is 21.1 Å². The van der Waals surface area contributed by atoms with E-state index in [2.05, 4.69) is 0 Å². The van der Waals surface area contributed by atoms with Crippen LogP contribution in [0.3, 0.4) is 0 Å². The van der Waals surface area contributed by atoms with Crippen LogP contribution in [-0.2, 0) is 13.0 Å². The lowest BCUT2D eigenvalue weighted by Gasteiger charge is -2.16. The van der Waals surface area contributed by atoms with Gasteiger partial charge in [-0.2, -0.15) is 0 Å². The predicted molar refractivity (Wildman–Crippen MR) is 80.6 cm³/mol. The third kappa shape index (κ3) is 2.75. The number of hydrogen-bond acceptors (Lipinski definition) is 2. The van der Waals surface area contributed by atoms with Crippen molar-refractivity contribution in [3.05, 3.63) is 58.1 Å². The maximum atomic E-state index is 13.6. The van der Waals surface area contributed by atoms with Crippen LogP contribution in [-0.4, -0.2) is 5.60 Å². The molecule has 0 aliphatic carbocycles. The van der Waals surface area contributed by atoms with Crippen molar-refractivity contribution in [3.63, 3.8) is 0 Å². The molecule has 0 saturated heterocycles. The molecule has 0 spiro atoms. The van der Waals surface area contributed by atoms with Gasteiger partial charge in [0.15, 0.2) is 17.4 Å². The average Bonchev–Trinajstić information content (AvgIpc) is 2.75. The van der Waals surface area contributed by atoms with Gasteiger partial charge in [-0.15, -0.1) is 0 Å². The van der Waals surface area contributed by atoms with Crippen molar-refractivity contribution >= 4 is 11.6 Å². The number of fused-ring (bicyclic) bond motifs is 1. The van der Waals surface area contributed by atoms with E-state index >= 15 is 0 Å². The molecular weight excluding hydrogens is 310 g/mol. The minimum atomic E-state index is -0.736. The molecule has 0 aromatic heterocycles. The third-order valence-electron chi connectivity index (χ3n) is 3.60. The van der Waals surface area contributed by atoms with Crippen molar-refractivity contribution in [2.75, 3.05) is 0 Å². The third-order valence-corrected chi connectivity index (χ3v) is 3.95. The SMILES string of the molecule is CC1(C)Cc2c(ccc(Cl)c2COc2c(F)cccc2F)O1. The van der Waals surface area contributed by atoms with Gasteiger partial charge >= 0.3 is 0 Å². The van der Waals surface area contributed by atoms with E-state index in [1.165, 1.54) is 6.07 Å². The summed E-state index contributed by atoms with van der Waals surface area (Å²) in [7, 11) is 0. The Bertz CT molecular complexity index is 709. The summed E-state index contributed by atoms with van der Waals surface area (Å²) >= 11 is 6.22. The quantitative estimate of drug-likeness (QED) is 0.798. The van der Waals surface area contributed by atoms with Crippen LogP contribution in [0.5, 0.6) is 11.5 Å². The predicted octanol–water partition coefficient (Wildman–Crippen LogP) is 4.91. The highest BCUT2D eigenvalue weighted by Crippen LogP contribution is 2.40. The van der Waals surface area contributed by atoms with E-state index in [0.717, 1.165) is 23.4 Å². The Morgan fingerprint density at radius 3 is 2.55 bits per heavy atom. The number of halogens is 3. The lowest BCUT2D eigenvalue weighted by atomic mass is 9.98. The van der Waals surface area contributed by atoms with Crippen LogP contribution in [0.1, 0.15) is 25.0 Å². The summed E-state index contributed by atoms with van der Waals surface area (Å²) in [5, 5.41) is 0.497. The van der Waals surface area contributed by atoms with Gasteiger partial charge in [0.1, 0.15) is 18.0 Å². The zero-order chi connectivity index (χ0) is 15.9. The fourth-order valence-corrected chi connectivity index (χ4v) is 2.84. The van der Waals surface area contributed by atoms with Gasteiger partial charge in [0.25, 0.3) is 0 Å². The molecule has 0 atom stereocenters. The van der Waals surface area contributed by atoms with Crippen LogP contribution in [0, 0.1) is 11.6 Å². The van der Waals surface area contributed by atoms with E-state index in [0.29, 0.717) is 17.0 Å². The molecule has 1 heterocycles. The molecule has 0 fully saturated rings. The largest absolute Gasteiger partial charge is 0.487 e. The zero-order valence-electron chi connectivity index (χ0n) is 12.3. The Morgan fingerprint density at radius 1 is 1.18 bits per heavy atom. The molecule has 3 rings (SSSR count).